The van der Waals surface area contributed by atoms with Gasteiger partial charge in [-0.3, -0.25) is 9.78 Å². The van der Waals surface area contributed by atoms with Crippen LogP contribution in [0.1, 0.15) is 19.0 Å². The molecule has 19 heavy (non-hydrogen) atoms. The summed E-state index contributed by atoms with van der Waals surface area (Å²) in [5.74, 6) is 0.492. The smallest absolute Gasteiger partial charge is 0.228 e. The molecule has 1 aliphatic heterocycles. The third kappa shape index (κ3) is 4.48. The van der Waals surface area contributed by atoms with Crippen LogP contribution < -0.4 is 5.32 Å². The van der Waals surface area contributed by atoms with Crippen molar-refractivity contribution in [3.05, 3.63) is 30.1 Å². The molecule has 0 atom stereocenters. The predicted molar refractivity (Wildman–Crippen MR) is 78.4 cm³/mol. The van der Waals surface area contributed by atoms with Gasteiger partial charge in [-0.25, -0.2) is 0 Å². The van der Waals surface area contributed by atoms with Gasteiger partial charge in [0, 0.05) is 44.5 Å². The van der Waals surface area contributed by atoms with Gasteiger partial charge in [0.2, 0.25) is 5.91 Å². The highest BCUT2D eigenvalue weighted by Crippen LogP contribution is 2.09. The van der Waals surface area contributed by atoms with Crippen molar-refractivity contribution in [1.82, 2.24) is 15.2 Å². The minimum Gasteiger partial charge on any atom is -0.342 e. The summed E-state index contributed by atoms with van der Waals surface area (Å²) >= 11 is 0. The number of halogens is 1. The Morgan fingerprint density at radius 1 is 1.42 bits per heavy atom. The summed E-state index contributed by atoms with van der Waals surface area (Å²) in [6, 6.07) is 5.92. The van der Waals surface area contributed by atoms with Gasteiger partial charge in [-0.1, -0.05) is 13.0 Å². The second-order valence-electron chi connectivity index (χ2n) is 4.75. The van der Waals surface area contributed by atoms with E-state index < -0.39 is 0 Å². The van der Waals surface area contributed by atoms with Crippen molar-refractivity contribution >= 4 is 18.3 Å². The molecular formula is C14H22ClN3O. The maximum Gasteiger partial charge on any atom is 0.228 e. The van der Waals surface area contributed by atoms with Crippen molar-refractivity contribution in [2.24, 2.45) is 5.92 Å². The highest BCUT2D eigenvalue weighted by molar-refractivity contribution is 5.85. The van der Waals surface area contributed by atoms with E-state index in [1.165, 1.54) is 0 Å². The van der Waals surface area contributed by atoms with E-state index in [4.69, 9.17) is 0 Å². The maximum absolute atomic E-state index is 12.2. The molecule has 4 nitrogen and oxygen atoms in total. The van der Waals surface area contributed by atoms with Gasteiger partial charge in [-0.05, 0) is 18.6 Å². The third-order valence-corrected chi connectivity index (χ3v) is 3.30. The Morgan fingerprint density at radius 3 is 2.74 bits per heavy atom. The van der Waals surface area contributed by atoms with Gasteiger partial charge in [0.1, 0.15) is 0 Å². The van der Waals surface area contributed by atoms with Crippen molar-refractivity contribution in [3.8, 4) is 0 Å². The Hall–Kier alpha value is -1.13. The predicted octanol–water partition coefficient (Wildman–Crippen LogP) is 1.50. The van der Waals surface area contributed by atoms with E-state index in [0.717, 1.165) is 44.7 Å². The summed E-state index contributed by atoms with van der Waals surface area (Å²) in [4.78, 5) is 18.5. The van der Waals surface area contributed by atoms with Crippen LogP contribution in [0.2, 0.25) is 0 Å². The lowest BCUT2D eigenvalue weighted by Crippen LogP contribution is -2.52. The SMILES string of the molecule is CCCN(CCc1ccccn1)C(=O)C1CNC1.Cl. The molecule has 1 saturated heterocycles. The second kappa shape index (κ2) is 8.12. The summed E-state index contributed by atoms with van der Waals surface area (Å²) in [5, 5.41) is 3.15. The van der Waals surface area contributed by atoms with E-state index in [9.17, 15) is 4.79 Å². The zero-order chi connectivity index (χ0) is 12.8. The number of amides is 1. The number of hydrogen-bond donors (Lipinski definition) is 1. The van der Waals surface area contributed by atoms with Crippen molar-refractivity contribution in [2.75, 3.05) is 26.2 Å². The van der Waals surface area contributed by atoms with Gasteiger partial charge in [0.15, 0.2) is 0 Å². The number of aromatic nitrogens is 1. The Bertz CT molecular complexity index is 382. The van der Waals surface area contributed by atoms with E-state index in [2.05, 4.69) is 17.2 Å². The number of hydrogen-bond acceptors (Lipinski definition) is 3. The Morgan fingerprint density at radius 2 is 2.21 bits per heavy atom. The molecule has 0 unspecified atom stereocenters. The molecule has 0 aromatic carbocycles. The van der Waals surface area contributed by atoms with Crippen LogP contribution in [0.4, 0.5) is 0 Å². The molecule has 0 bridgehead atoms. The molecule has 0 aliphatic carbocycles. The molecule has 5 heteroatoms. The highest BCUT2D eigenvalue weighted by Gasteiger charge is 2.28. The number of carbonyl (C=O) groups is 1. The zero-order valence-corrected chi connectivity index (χ0v) is 12.2. The standard InChI is InChI=1S/C14H21N3O.ClH/c1-2-8-17(14(18)12-10-15-11-12)9-6-13-5-3-4-7-16-13;/h3-5,7,12,15H,2,6,8-11H2,1H3;1H. The highest BCUT2D eigenvalue weighted by atomic mass is 35.5. The largest absolute Gasteiger partial charge is 0.342 e. The number of rotatable bonds is 6. The van der Waals surface area contributed by atoms with Crippen LogP contribution in [-0.2, 0) is 11.2 Å². The van der Waals surface area contributed by atoms with Crippen LogP contribution in [0.25, 0.3) is 0 Å². The molecule has 1 fully saturated rings. The summed E-state index contributed by atoms with van der Waals surface area (Å²) in [7, 11) is 0. The lowest BCUT2D eigenvalue weighted by atomic mass is 10.0. The summed E-state index contributed by atoms with van der Waals surface area (Å²) < 4.78 is 0. The first-order valence-electron chi connectivity index (χ1n) is 6.70. The monoisotopic (exact) mass is 283 g/mol. The zero-order valence-electron chi connectivity index (χ0n) is 11.3. The molecular weight excluding hydrogens is 262 g/mol. The van der Waals surface area contributed by atoms with Gasteiger partial charge < -0.3 is 10.2 Å². The lowest BCUT2D eigenvalue weighted by Gasteiger charge is -2.32. The lowest BCUT2D eigenvalue weighted by molar-refractivity contribution is -0.137. The van der Waals surface area contributed by atoms with Crippen LogP contribution >= 0.6 is 12.4 Å². The third-order valence-electron chi connectivity index (χ3n) is 3.30. The van der Waals surface area contributed by atoms with Gasteiger partial charge in [0.25, 0.3) is 0 Å². The molecule has 1 aromatic rings. The van der Waals surface area contributed by atoms with E-state index in [1.54, 1.807) is 6.20 Å². The molecule has 1 N–H and O–H groups in total. The van der Waals surface area contributed by atoms with E-state index in [0.29, 0.717) is 5.91 Å². The fourth-order valence-corrected chi connectivity index (χ4v) is 2.12. The van der Waals surface area contributed by atoms with E-state index in [1.807, 2.05) is 23.1 Å². The average Bonchev–Trinajstić information content (AvgIpc) is 2.33. The van der Waals surface area contributed by atoms with Crippen LogP contribution in [0.5, 0.6) is 0 Å². The Kier molecular flexibility index (Phi) is 6.81. The number of carbonyl (C=O) groups excluding carboxylic acids is 1. The van der Waals surface area contributed by atoms with Crippen LogP contribution in [0.3, 0.4) is 0 Å². The Labute approximate surface area is 121 Å². The minimum absolute atomic E-state index is 0. The molecule has 1 amide bonds. The first-order valence-corrected chi connectivity index (χ1v) is 6.70. The minimum atomic E-state index is 0. The van der Waals surface area contributed by atoms with Crippen molar-refractivity contribution in [3.63, 3.8) is 0 Å². The quantitative estimate of drug-likeness (QED) is 0.861. The summed E-state index contributed by atoms with van der Waals surface area (Å²) in [6.07, 6.45) is 3.65. The molecule has 106 valence electrons. The first kappa shape index (κ1) is 15.9. The molecule has 0 radical (unpaired) electrons. The van der Waals surface area contributed by atoms with Crippen molar-refractivity contribution in [2.45, 2.75) is 19.8 Å². The molecule has 0 saturated carbocycles. The molecule has 0 spiro atoms. The fourth-order valence-electron chi connectivity index (χ4n) is 2.12. The van der Waals surface area contributed by atoms with Gasteiger partial charge >= 0.3 is 0 Å². The van der Waals surface area contributed by atoms with E-state index in [-0.39, 0.29) is 18.3 Å². The second-order valence-corrected chi connectivity index (χ2v) is 4.75. The van der Waals surface area contributed by atoms with Gasteiger partial charge in [0.05, 0.1) is 5.92 Å². The number of nitrogens with zero attached hydrogens (tertiary/aromatic N) is 2. The maximum atomic E-state index is 12.2. The van der Waals surface area contributed by atoms with Gasteiger partial charge in [-0.15, -0.1) is 12.4 Å². The van der Waals surface area contributed by atoms with Gasteiger partial charge in [-0.2, -0.15) is 0 Å². The Balaban J connectivity index is 0.00000180. The molecule has 2 rings (SSSR count). The van der Waals surface area contributed by atoms with Crippen LogP contribution in [-0.4, -0.2) is 42.0 Å². The summed E-state index contributed by atoms with van der Waals surface area (Å²) in [5.41, 5.74) is 1.05. The van der Waals surface area contributed by atoms with Crippen molar-refractivity contribution in [1.29, 1.82) is 0 Å². The normalized spacial score (nSPS) is 14.4. The van der Waals surface area contributed by atoms with Crippen molar-refractivity contribution < 1.29 is 4.79 Å². The number of pyridine rings is 1. The fraction of sp³-hybridized carbons (Fsp3) is 0.571. The molecule has 1 aliphatic rings. The topological polar surface area (TPSA) is 45.2 Å². The first-order chi connectivity index (χ1) is 8.81. The average molecular weight is 284 g/mol. The molecule has 1 aromatic heterocycles. The molecule has 2 heterocycles. The van der Waals surface area contributed by atoms with Crippen LogP contribution in [0, 0.1) is 5.92 Å². The van der Waals surface area contributed by atoms with Crippen LogP contribution in [0.15, 0.2) is 24.4 Å². The number of nitrogens with one attached hydrogen (secondary N) is 1. The van der Waals surface area contributed by atoms with E-state index >= 15 is 0 Å². The summed E-state index contributed by atoms with van der Waals surface area (Å²) in [6.45, 7) is 5.41.